The van der Waals surface area contributed by atoms with Gasteiger partial charge in [0.1, 0.15) is 0 Å². The first kappa shape index (κ1) is 9.79. The predicted octanol–water partition coefficient (Wildman–Crippen LogP) is 1.61. The Morgan fingerprint density at radius 2 is 2.09 bits per heavy atom. The van der Waals surface area contributed by atoms with Gasteiger partial charge in [0.2, 0.25) is 0 Å². The number of rotatable bonds is 3. The van der Waals surface area contributed by atoms with Crippen molar-refractivity contribution < 1.29 is 4.79 Å². The number of carbonyl (C=O) groups excluding carboxylic acids is 1. The summed E-state index contributed by atoms with van der Waals surface area (Å²) >= 11 is 1.39. The minimum absolute atomic E-state index is 0.477. The van der Waals surface area contributed by atoms with Gasteiger partial charge in [-0.2, -0.15) is 0 Å². The fourth-order valence-electron chi connectivity index (χ4n) is 1.56. The van der Waals surface area contributed by atoms with Crippen molar-refractivity contribution in [2.75, 3.05) is 0 Å². The molecule has 0 aliphatic heterocycles. The molecule has 0 radical (unpaired) electrons. The number of hydrogen-bond acceptors (Lipinski definition) is 1. The molecular weight excluding hydrogens is 270 g/mol. The van der Waals surface area contributed by atoms with Gasteiger partial charge in [0.25, 0.3) is 0 Å². The van der Waals surface area contributed by atoms with E-state index in [9.17, 15) is 4.79 Å². The van der Waals surface area contributed by atoms with Gasteiger partial charge in [-0.05, 0) is 0 Å². The van der Waals surface area contributed by atoms with E-state index in [-0.39, 0.29) is 0 Å². The van der Waals surface area contributed by atoms with Crippen LogP contribution in [0.25, 0.3) is 0 Å². The van der Waals surface area contributed by atoms with Crippen LogP contribution in [0.2, 0.25) is 15.4 Å². The Labute approximate surface area is 81.0 Å². The van der Waals surface area contributed by atoms with Crippen LogP contribution >= 0.6 is 0 Å². The molecule has 1 unspecified atom stereocenters. The average Bonchev–Trinajstić information content (AvgIpc) is 2.40. The third-order valence-electron chi connectivity index (χ3n) is 2.15. The molecule has 0 spiro atoms. The van der Waals surface area contributed by atoms with Crippen molar-refractivity contribution in [2.24, 2.45) is 5.92 Å². The van der Waals surface area contributed by atoms with E-state index in [1.165, 1.54) is 6.42 Å². The van der Waals surface area contributed by atoms with E-state index in [0.717, 1.165) is 16.6 Å². The Kier molecular flexibility index (Phi) is 4.15. The second-order valence-electron chi connectivity index (χ2n) is 2.80. The SMILES string of the molecule is C[Se]C([Se]C)C1CCCC1=O. The molecule has 1 saturated carbocycles. The van der Waals surface area contributed by atoms with Crippen molar-refractivity contribution in [2.45, 2.75) is 34.6 Å². The fourth-order valence-corrected chi connectivity index (χ4v) is 6.64. The van der Waals surface area contributed by atoms with E-state index in [2.05, 4.69) is 11.6 Å². The van der Waals surface area contributed by atoms with Crippen LogP contribution in [0.15, 0.2) is 0 Å². The summed E-state index contributed by atoms with van der Waals surface area (Å²) in [5.41, 5.74) is 0. The maximum absolute atomic E-state index is 11.4. The Hall–Kier alpha value is 0.709. The molecule has 11 heavy (non-hydrogen) atoms. The minimum atomic E-state index is 0.477. The van der Waals surface area contributed by atoms with E-state index in [0.29, 0.717) is 41.6 Å². The number of Topliss-reactive ketones (excluding diaryl/α,β-unsaturated/α-hetero) is 1. The first-order valence-corrected chi connectivity index (χ1v) is 9.28. The molecule has 1 nitrogen and oxygen atoms in total. The van der Waals surface area contributed by atoms with Crippen molar-refractivity contribution >= 4 is 35.7 Å². The van der Waals surface area contributed by atoms with Crippen molar-refractivity contribution in [3.8, 4) is 0 Å². The molecule has 1 rings (SSSR count). The Bertz CT molecular complexity index is 143. The molecule has 1 atom stereocenters. The van der Waals surface area contributed by atoms with Gasteiger partial charge >= 0.3 is 81.0 Å². The summed E-state index contributed by atoms with van der Waals surface area (Å²) in [5.74, 6) is 5.58. The average molecular weight is 284 g/mol. The zero-order chi connectivity index (χ0) is 8.27. The molecule has 0 saturated heterocycles. The summed E-state index contributed by atoms with van der Waals surface area (Å²) < 4.78 is 0.796. The van der Waals surface area contributed by atoms with Crippen molar-refractivity contribution in [3.63, 3.8) is 0 Å². The molecule has 1 aliphatic carbocycles. The van der Waals surface area contributed by atoms with Gasteiger partial charge < -0.3 is 0 Å². The zero-order valence-corrected chi connectivity index (χ0v) is 10.4. The summed E-state index contributed by atoms with van der Waals surface area (Å²) in [4.78, 5) is 11.4. The molecule has 0 heterocycles. The van der Waals surface area contributed by atoms with E-state index in [1.54, 1.807) is 0 Å². The number of hydrogen-bond donors (Lipinski definition) is 0. The number of ketones is 1. The van der Waals surface area contributed by atoms with Crippen LogP contribution < -0.4 is 0 Å². The molecule has 1 fully saturated rings. The molecule has 64 valence electrons. The standard InChI is InChI=1S/C8H14OSe2/c1-10-8(11-2)6-4-3-5-7(6)9/h6,8H,3-5H2,1-2H3. The maximum atomic E-state index is 11.4. The van der Waals surface area contributed by atoms with Crippen molar-refractivity contribution in [1.29, 1.82) is 0 Å². The van der Waals surface area contributed by atoms with Gasteiger partial charge in [-0.3, -0.25) is 0 Å². The third-order valence-corrected chi connectivity index (χ3v) is 9.67. The summed E-state index contributed by atoms with van der Waals surface area (Å²) in [7, 11) is 0. The second kappa shape index (κ2) is 4.67. The third kappa shape index (κ3) is 2.32. The molecule has 0 amide bonds. The summed E-state index contributed by atoms with van der Waals surface area (Å²) in [6, 6.07) is 0. The van der Waals surface area contributed by atoms with Gasteiger partial charge in [0.05, 0.1) is 0 Å². The fraction of sp³-hybridized carbons (Fsp3) is 0.875. The predicted molar refractivity (Wildman–Crippen MR) is 49.3 cm³/mol. The van der Waals surface area contributed by atoms with E-state index >= 15 is 0 Å². The second-order valence-corrected chi connectivity index (χ2v) is 8.43. The number of carbonyl (C=O) groups is 1. The summed E-state index contributed by atoms with van der Waals surface area (Å²) in [6.07, 6.45) is 3.22. The molecule has 0 aromatic carbocycles. The monoisotopic (exact) mass is 286 g/mol. The van der Waals surface area contributed by atoms with Gasteiger partial charge in [-0.25, -0.2) is 0 Å². The molecular formula is C8H14OSe2. The molecule has 0 bridgehead atoms. The molecule has 0 aromatic heterocycles. The van der Waals surface area contributed by atoms with Crippen molar-refractivity contribution in [3.05, 3.63) is 0 Å². The normalized spacial score (nSPS) is 25.0. The van der Waals surface area contributed by atoms with E-state index in [1.807, 2.05) is 0 Å². The van der Waals surface area contributed by atoms with Crippen LogP contribution in [0.3, 0.4) is 0 Å². The quantitative estimate of drug-likeness (QED) is 0.720. The summed E-state index contributed by atoms with van der Waals surface area (Å²) in [6.45, 7) is 0. The van der Waals surface area contributed by atoms with Gasteiger partial charge in [0, 0.05) is 0 Å². The van der Waals surface area contributed by atoms with E-state index < -0.39 is 0 Å². The Morgan fingerprint density at radius 1 is 1.45 bits per heavy atom. The molecule has 1 aliphatic rings. The van der Waals surface area contributed by atoms with Crippen LogP contribution in [0, 0.1) is 5.92 Å². The summed E-state index contributed by atoms with van der Waals surface area (Å²) in [5, 5.41) is 0. The first-order valence-electron chi connectivity index (χ1n) is 3.88. The van der Waals surface area contributed by atoms with Crippen LogP contribution in [-0.2, 0) is 4.79 Å². The van der Waals surface area contributed by atoms with Gasteiger partial charge in [0.15, 0.2) is 0 Å². The van der Waals surface area contributed by atoms with Crippen LogP contribution in [0.5, 0.6) is 0 Å². The van der Waals surface area contributed by atoms with Crippen molar-refractivity contribution in [1.82, 2.24) is 0 Å². The first-order chi connectivity index (χ1) is 5.29. The molecule has 3 heteroatoms. The van der Waals surface area contributed by atoms with E-state index in [4.69, 9.17) is 0 Å². The molecule has 0 N–H and O–H groups in total. The Morgan fingerprint density at radius 3 is 2.45 bits per heavy atom. The van der Waals surface area contributed by atoms with Gasteiger partial charge in [-0.1, -0.05) is 0 Å². The molecule has 0 aromatic rings. The van der Waals surface area contributed by atoms with Crippen LogP contribution in [0.1, 0.15) is 19.3 Å². The van der Waals surface area contributed by atoms with Crippen LogP contribution in [0.4, 0.5) is 0 Å². The topological polar surface area (TPSA) is 17.1 Å². The zero-order valence-electron chi connectivity index (χ0n) is 7.00. The van der Waals surface area contributed by atoms with Gasteiger partial charge in [-0.15, -0.1) is 0 Å². The Balaban J connectivity index is 2.49. The van der Waals surface area contributed by atoms with Crippen LogP contribution in [-0.4, -0.2) is 35.7 Å².